The zero-order valence-electron chi connectivity index (χ0n) is 6.12. The lowest BCUT2D eigenvalue weighted by Gasteiger charge is -2.07. The molecule has 1 amide bonds. The SMILES string of the molecule is NC(=O)O[C@@H]1CNC(CO)C1. The number of nitrogens with two attached hydrogens (primary N) is 1. The van der Waals surface area contributed by atoms with Gasteiger partial charge in [0, 0.05) is 19.0 Å². The number of nitrogens with one attached hydrogen (secondary N) is 1. The lowest BCUT2D eigenvalue weighted by Crippen LogP contribution is -2.25. The van der Waals surface area contributed by atoms with Crippen molar-refractivity contribution in [1.29, 1.82) is 0 Å². The van der Waals surface area contributed by atoms with Crippen LogP contribution in [0.3, 0.4) is 0 Å². The Hall–Kier alpha value is -0.810. The molecule has 4 N–H and O–H groups in total. The molecule has 0 aromatic rings. The van der Waals surface area contributed by atoms with Crippen molar-refractivity contribution in [3.8, 4) is 0 Å². The molecule has 0 aromatic heterocycles. The summed E-state index contributed by atoms with van der Waals surface area (Å²) in [4.78, 5) is 10.3. The van der Waals surface area contributed by atoms with Crippen LogP contribution in [0.2, 0.25) is 0 Å². The van der Waals surface area contributed by atoms with Crippen molar-refractivity contribution >= 4 is 6.09 Å². The third kappa shape index (κ3) is 2.36. The Kier molecular flexibility index (Phi) is 2.67. The van der Waals surface area contributed by atoms with Gasteiger partial charge in [0.1, 0.15) is 6.10 Å². The maximum atomic E-state index is 10.3. The molecule has 1 unspecified atom stereocenters. The van der Waals surface area contributed by atoms with Crippen LogP contribution in [0, 0.1) is 0 Å². The van der Waals surface area contributed by atoms with Gasteiger partial charge in [-0.3, -0.25) is 0 Å². The normalized spacial score (nSPS) is 30.3. The standard InChI is InChI=1S/C6H12N2O3/c7-6(10)11-5-1-4(3-9)8-2-5/h4-5,8-9H,1-3H2,(H2,7,10)/t4?,5-/m0/s1. The summed E-state index contributed by atoms with van der Waals surface area (Å²) < 4.78 is 4.71. The minimum atomic E-state index is -0.754. The molecule has 5 heteroatoms. The molecule has 1 aliphatic heterocycles. The predicted octanol–water partition coefficient (Wildman–Crippen LogP) is -1.20. The maximum Gasteiger partial charge on any atom is 0.404 e. The van der Waals surface area contributed by atoms with Crippen molar-refractivity contribution in [3.63, 3.8) is 0 Å². The summed E-state index contributed by atoms with van der Waals surface area (Å²) in [5, 5.41) is 11.7. The van der Waals surface area contributed by atoms with Crippen LogP contribution in [0.15, 0.2) is 0 Å². The summed E-state index contributed by atoms with van der Waals surface area (Å²) in [6.07, 6.45) is -0.292. The average molecular weight is 160 g/mol. The van der Waals surface area contributed by atoms with Crippen LogP contribution >= 0.6 is 0 Å². The monoisotopic (exact) mass is 160 g/mol. The number of hydrogen-bond donors (Lipinski definition) is 3. The van der Waals surface area contributed by atoms with Gasteiger partial charge in [0.2, 0.25) is 0 Å². The van der Waals surface area contributed by atoms with Crippen molar-refractivity contribution in [2.24, 2.45) is 5.73 Å². The summed E-state index contributed by atoms with van der Waals surface area (Å²) in [7, 11) is 0. The summed E-state index contributed by atoms with van der Waals surface area (Å²) in [6, 6.07) is 0.0411. The van der Waals surface area contributed by atoms with Crippen LogP contribution in [-0.4, -0.2) is 36.5 Å². The van der Waals surface area contributed by atoms with E-state index in [1.807, 2.05) is 0 Å². The van der Waals surface area contributed by atoms with E-state index in [4.69, 9.17) is 15.6 Å². The van der Waals surface area contributed by atoms with Crippen LogP contribution in [-0.2, 0) is 4.74 Å². The van der Waals surface area contributed by atoms with Crippen LogP contribution in [0.25, 0.3) is 0 Å². The van der Waals surface area contributed by atoms with Crippen LogP contribution in [0.1, 0.15) is 6.42 Å². The lowest BCUT2D eigenvalue weighted by molar-refractivity contribution is 0.113. The minimum Gasteiger partial charge on any atom is -0.445 e. The lowest BCUT2D eigenvalue weighted by atomic mass is 10.2. The van der Waals surface area contributed by atoms with Gasteiger partial charge in [-0.05, 0) is 0 Å². The zero-order chi connectivity index (χ0) is 8.27. The number of hydrogen-bond acceptors (Lipinski definition) is 4. The second kappa shape index (κ2) is 3.54. The van der Waals surface area contributed by atoms with E-state index in [-0.39, 0.29) is 18.8 Å². The fourth-order valence-corrected chi connectivity index (χ4v) is 1.18. The van der Waals surface area contributed by atoms with Crippen molar-refractivity contribution in [1.82, 2.24) is 5.32 Å². The predicted molar refractivity (Wildman–Crippen MR) is 37.9 cm³/mol. The first-order chi connectivity index (χ1) is 5.22. The van der Waals surface area contributed by atoms with E-state index >= 15 is 0 Å². The molecule has 1 saturated heterocycles. The fraction of sp³-hybridized carbons (Fsp3) is 0.833. The van der Waals surface area contributed by atoms with Gasteiger partial charge in [-0.25, -0.2) is 4.79 Å². The number of aliphatic hydroxyl groups excluding tert-OH is 1. The van der Waals surface area contributed by atoms with E-state index in [0.29, 0.717) is 13.0 Å². The minimum absolute atomic E-state index is 0.0411. The summed E-state index contributed by atoms with van der Waals surface area (Å²) in [5.41, 5.74) is 4.81. The number of primary amides is 1. The van der Waals surface area contributed by atoms with E-state index in [1.165, 1.54) is 0 Å². The molecule has 1 rings (SSSR count). The van der Waals surface area contributed by atoms with Gasteiger partial charge in [-0.1, -0.05) is 0 Å². The molecule has 1 heterocycles. The van der Waals surface area contributed by atoms with E-state index in [2.05, 4.69) is 5.32 Å². The molecule has 0 spiro atoms. The van der Waals surface area contributed by atoms with E-state index < -0.39 is 6.09 Å². The molecule has 0 bridgehead atoms. The Morgan fingerprint density at radius 3 is 3.00 bits per heavy atom. The Morgan fingerprint density at radius 1 is 1.82 bits per heavy atom. The largest absolute Gasteiger partial charge is 0.445 e. The zero-order valence-corrected chi connectivity index (χ0v) is 6.12. The summed E-state index contributed by atoms with van der Waals surface area (Å²) in [6.45, 7) is 0.646. The van der Waals surface area contributed by atoms with Crippen LogP contribution in [0.5, 0.6) is 0 Å². The van der Waals surface area contributed by atoms with Gasteiger partial charge in [-0.15, -0.1) is 0 Å². The molecule has 0 aliphatic carbocycles. The van der Waals surface area contributed by atoms with Crippen molar-refractivity contribution in [3.05, 3.63) is 0 Å². The first-order valence-electron chi connectivity index (χ1n) is 3.52. The van der Waals surface area contributed by atoms with Gasteiger partial charge in [-0.2, -0.15) is 0 Å². The van der Waals surface area contributed by atoms with Crippen molar-refractivity contribution < 1.29 is 14.6 Å². The highest BCUT2D eigenvalue weighted by molar-refractivity contribution is 5.64. The molecule has 0 aromatic carbocycles. The molecule has 0 radical (unpaired) electrons. The number of aliphatic hydroxyl groups is 1. The first-order valence-corrected chi connectivity index (χ1v) is 3.52. The van der Waals surface area contributed by atoms with Gasteiger partial charge in [0.15, 0.2) is 0 Å². The smallest absolute Gasteiger partial charge is 0.404 e. The number of carbonyl (C=O) groups excluding carboxylic acids is 1. The number of ether oxygens (including phenoxy) is 1. The molecule has 2 atom stereocenters. The Balaban J connectivity index is 2.24. The highest BCUT2D eigenvalue weighted by atomic mass is 16.6. The highest BCUT2D eigenvalue weighted by Gasteiger charge is 2.25. The van der Waals surface area contributed by atoms with Crippen LogP contribution < -0.4 is 11.1 Å². The molecule has 1 aliphatic rings. The van der Waals surface area contributed by atoms with Gasteiger partial charge in [0.05, 0.1) is 6.61 Å². The summed E-state index contributed by atoms with van der Waals surface area (Å²) >= 11 is 0. The highest BCUT2D eigenvalue weighted by Crippen LogP contribution is 2.09. The van der Waals surface area contributed by atoms with Crippen molar-refractivity contribution in [2.45, 2.75) is 18.6 Å². The average Bonchev–Trinajstić information content (AvgIpc) is 2.34. The molecular weight excluding hydrogens is 148 g/mol. The Morgan fingerprint density at radius 2 is 2.55 bits per heavy atom. The quantitative estimate of drug-likeness (QED) is 0.474. The number of carbonyl (C=O) groups is 1. The molecule has 64 valence electrons. The third-order valence-corrected chi connectivity index (χ3v) is 1.68. The maximum absolute atomic E-state index is 10.3. The third-order valence-electron chi connectivity index (χ3n) is 1.68. The van der Waals surface area contributed by atoms with Gasteiger partial charge < -0.3 is 20.9 Å². The topological polar surface area (TPSA) is 84.6 Å². The Bertz CT molecular complexity index is 151. The summed E-state index contributed by atoms with van der Waals surface area (Å²) in [5.74, 6) is 0. The van der Waals surface area contributed by atoms with E-state index in [1.54, 1.807) is 0 Å². The molecule has 11 heavy (non-hydrogen) atoms. The first kappa shape index (κ1) is 8.29. The van der Waals surface area contributed by atoms with E-state index in [0.717, 1.165) is 0 Å². The van der Waals surface area contributed by atoms with Gasteiger partial charge in [0.25, 0.3) is 0 Å². The second-order valence-corrected chi connectivity index (χ2v) is 2.58. The molecular formula is C6H12N2O3. The fourth-order valence-electron chi connectivity index (χ4n) is 1.18. The Labute approximate surface area is 64.5 Å². The second-order valence-electron chi connectivity index (χ2n) is 2.58. The van der Waals surface area contributed by atoms with E-state index in [9.17, 15) is 4.79 Å². The number of amides is 1. The number of rotatable bonds is 2. The molecule has 1 fully saturated rings. The molecule has 5 nitrogen and oxygen atoms in total. The van der Waals surface area contributed by atoms with Gasteiger partial charge >= 0.3 is 6.09 Å². The van der Waals surface area contributed by atoms with Crippen molar-refractivity contribution in [2.75, 3.05) is 13.2 Å². The van der Waals surface area contributed by atoms with Crippen LogP contribution in [0.4, 0.5) is 4.79 Å². The molecule has 0 saturated carbocycles.